The van der Waals surface area contributed by atoms with E-state index in [9.17, 15) is 24.3 Å². The molecule has 288 valence electrons. The average molecular weight is 727 g/mol. The Balaban J connectivity index is 1.78. The van der Waals surface area contributed by atoms with Gasteiger partial charge in [0.15, 0.2) is 17.7 Å². The Bertz CT molecular complexity index is 1490. The van der Waals surface area contributed by atoms with Crippen LogP contribution in [-0.4, -0.2) is 108 Å². The summed E-state index contributed by atoms with van der Waals surface area (Å²) in [6.07, 6.45) is -3.85. The van der Waals surface area contributed by atoms with Gasteiger partial charge in [0.25, 0.3) is 0 Å². The maximum atomic E-state index is 14.3. The van der Waals surface area contributed by atoms with Crippen LogP contribution in [0.15, 0.2) is 30.3 Å². The number of Topliss-reactive ketones (excluding diaryl/α,β-unsaturated/α-hetero) is 2. The highest BCUT2D eigenvalue weighted by atomic mass is 16.7. The van der Waals surface area contributed by atoms with Gasteiger partial charge in [0.05, 0.1) is 23.9 Å². The predicted octanol–water partition coefficient (Wildman–Crippen LogP) is 4.09. The van der Waals surface area contributed by atoms with Crippen molar-refractivity contribution in [1.82, 2.24) is 10.2 Å². The molecule has 0 spiro atoms. The molecule has 3 saturated heterocycles. The van der Waals surface area contributed by atoms with E-state index >= 15 is 0 Å². The Kier molecular flexibility index (Phi) is 13.7. The van der Waals surface area contributed by atoms with Crippen molar-refractivity contribution in [1.29, 1.82) is 0 Å². The topological polar surface area (TPSA) is 150 Å². The van der Waals surface area contributed by atoms with E-state index in [4.69, 9.17) is 23.7 Å². The van der Waals surface area contributed by atoms with Gasteiger partial charge in [-0.2, -0.15) is 0 Å². The van der Waals surface area contributed by atoms with E-state index < -0.39 is 83.4 Å². The molecule has 13 atom stereocenters. The van der Waals surface area contributed by atoms with Crippen molar-refractivity contribution in [3.05, 3.63) is 35.9 Å². The molecule has 3 heterocycles. The number of carbonyl (C=O) groups is 4. The minimum absolute atomic E-state index is 0.0499. The number of rotatable bonds is 7. The van der Waals surface area contributed by atoms with E-state index in [-0.39, 0.29) is 37.4 Å². The summed E-state index contributed by atoms with van der Waals surface area (Å²) < 4.78 is 31.1. The first-order chi connectivity index (χ1) is 24.4. The van der Waals surface area contributed by atoms with Gasteiger partial charge in [0, 0.05) is 30.2 Å². The Morgan fingerprint density at radius 3 is 2.29 bits per heavy atom. The predicted molar refractivity (Wildman–Crippen MR) is 193 cm³/mol. The lowest BCUT2D eigenvalue weighted by Gasteiger charge is -2.47. The van der Waals surface area contributed by atoms with Crippen LogP contribution in [0.5, 0.6) is 0 Å². The number of likely N-dealkylation sites (N-methyl/N-ethyl adjacent to an activating group) is 1. The van der Waals surface area contributed by atoms with E-state index in [0.717, 1.165) is 5.56 Å². The summed E-state index contributed by atoms with van der Waals surface area (Å²) in [6.45, 7) is 13.7. The smallest absolute Gasteiger partial charge is 0.408 e. The number of alkyl carbamates (subject to hydrolysis) is 1. The van der Waals surface area contributed by atoms with Gasteiger partial charge in [-0.15, -0.1) is 0 Å². The Morgan fingerprint density at radius 1 is 0.981 bits per heavy atom. The van der Waals surface area contributed by atoms with E-state index in [1.807, 2.05) is 56.3 Å². The highest BCUT2D eigenvalue weighted by Gasteiger charge is 2.57. The quantitative estimate of drug-likeness (QED) is 0.238. The van der Waals surface area contributed by atoms with Crippen molar-refractivity contribution in [3.63, 3.8) is 0 Å². The summed E-state index contributed by atoms with van der Waals surface area (Å²) in [5.74, 6) is 1.11. The maximum Gasteiger partial charge on any atom is 0.408 e. The minimum atomic E-state index is -1.37. The molecule has 4 rings (SSSR count). The van der Waals surface area contributed by atoms with E-state index in [1.54, 1.807) is 41.5 Å². The van der Waals surface area contributed by atoms with Gasteiger partial charge >= 0.3 is 12.1 Å². The summed E-state index contributed by atoms with van der Waals surface area (Å²) in [5.41, 5.74) is -1.69. The zero-order chi connectivity index (χ0) is 38.5. The lowest BCUT2D eigenvalue weighted by atomic mass is 9.73. The van der Waals surface area contributed by atoms with Crippen LogP contribution in [0, 0.1) is 35.5 Å². The van der Waals surface area contributed by atoms with Crippen molar-refractivity contribution < 1.29 is 48.0 Å². The second-order valence-corrected chi connectivity index (χ2v) is 15.5. The Labute approximate surface area is 308 Å². The molecule has 0 aliphatic carbocycles. The van der Waals surface area contributed by atoms with Crippen LogP contribution in [-0.2, 0) is 44.5 Å². The van der Waals surface area contributed by atoms with Crippen LogP contribution < -0.4 is 5.32 Å². The highest BCUT2D eigenvalue weighted by Crippen LogP contribution is 2.40. The lowest BCUT2D eigenvalue weighted by Crippen LogP contribution is -2.60. The van der Waals surface area contributed by atoms with E-state index in [2.05, 4.69) is 17.2 Å². The first-order valence-electron chi connectivity index (χ1n) is 18.5. The fourth-order valence-corrected chi connectivity index (χ4v) is 8.14. The number of aliphatic hydroxyl groups excluding tert-OH is 1. The maximum absolute atomic E-state index is 14.3. The van der Waals surface area contributed by atoms with Gasteiger partial charge in [-0.1, -0.05) is 69.9 Å². The summed E-state index contributed by atoms with van der Waals surface area (Å²) in [5, 5.41) is 14.3. The fourth-order valence-electron chi connectivity index (χ4n) is 8.14. The third kappa shape index (κ3) is 9.05. The zero-order valence-electron chi connectivity index (χ0n) is 32.3. The number of amides is 1. The average Bonchev–Trinajstić information content (AvgIpc) is 3.42. The largest absolute Gasteiger partial charge is 0.458 e. The molecule has 0 radical (unpaired) electrons. The molecule has 1 amide bonds. The number of carbonyl (C=O) groups excluding carboxylic acids is 4. The minimum Gasteiger partial charge on any atom is -0.458 e. The number of benzene rings is 1. The van der Waals surface area contributed by atoms with Gasteiger partial charge in [0.1, 0.15) is 30.5 Å². The molecule has 3 aliphatic heterocycles. The van der Waals surface area contributed by atoms with Crippen LogP contribution in [0.3, 0.4) is 0 Å². The van der Waals surface area contributed by atoms with Crippen molar-refractivity contribution in [2.75, 3.05) is 20.7 Å². The number of fused-ring (bicyclic) bond motifs is 1. The van der Waals surface area contributed by atoms with Crippen molar-refractivity contribution >= 4 is 23.6 Å². The molecule has 2 N–H and O–H groups in total. The van der Waals surface area contributed by atoms with Crippen LogP contribution in [0.2, 0.25) is 0 Å². The third-order valence-corrected chi connectivity index (χ3v) is 11.2. The number of nitrogens with zero attached hydrogens (tertiary/aromatic N) is 1. The molecule has 12 nitrogen and oxygen atoms in total. The number of cyclic esters (lactones) is 1. The van der Waals surface area contributed by atoms with Crippen molar-refractivity contribution in [2.24, 2.45) is 23.7 Å². The summed E-state index contributed by atoms with van der Waals surface area (Å²) in [7, 11) is 3.73. The number of hydrogen-bond donors (Lipinski definition) is 2. The molecule has 0 saturated carbocycles. The Hall–Kier alpha value is -3.34. The molecule has 1 aromatic carbocycles. The molecule has 0 bridgehead atoms. The third-order valence-electron chi connectivity index (χ3n) is 11.2. The van der Waals surface area contributed by atoms with Crippen LogP contribution >= 0.6 is 0 Å². The van der Waals surface area contributed by atoms with Gasteiger partial charge in [-0.25, -0.2) is 4.79 Å². The molecule has 52 heavy (non-hydrogen) atoms. The fraction of sp³-hybridized carbons (Fsp3) is 0.700. The molecule has 1 aromatic rings. The number of aliphatic hydroxyl groups is 1. The second kappa shape index (κ2) is 17.2. The second-order valence-electron chi connectivity index (χ2n) is 15.5. The van der Waals surface area contributed by atoms with E-state index in [1.165, 1.54) is 6.92 Å². The Morgan fingerprint density at radius 2 is 1.65 bits per heavy atom. The summed E-state index contributed by atoms with van der Waals surface area (Å²) >= 11 is 0. The summed E-state index contributed by atoms with van der Waals surface area (Å²) in [6, 6.07) is 8.67. The van der Waals surface area contributed by atoms with Gasteiger partial charge in [0.2, 0.25) is 0 Å². The number of ketones is 2. The van der Waals surface area contributed by atoms with Crippen LogP contribution in [0.4, 0.5) is 4.79 Å². The molecule has 0 unspecified atom stereocenters. The standard InChI is InChI=1S/C40H58N2O10/c1-11-30-40(8)34(41-38(47)52-40)25(4)31(43)23(2)22-39(7,48-20-16-15-19-28-17-13-12-14-18-28)35(26(5)32(44)27(6)36(46)50-30)51-37-33(45)29(42(9)10)21-24(3)49-37/h12-14,17-18,23-27,29-30,33-35,37,45H,11,19-22H2,1-10H3,(H,41,47)/t23-,24-,25+,26+,27-,29+,30-,33-,34-,35-,37+,39+,40-/m1/s1. The van der Waals surface area contributed by atoms with Crippen LogP contribution in [0.25, 0.3) is 0 Å². The van der Waals surface area contributed by atoms with Crippen molar-refractivity contribution in [2.45, 2.75) is 135 Å². The first-order valence-corrected chi connectivity index (χ1v) is 18.5. The number of ether oxygens (including phenoxy) is 5. The zero-order valence-corrected chi connectivity index (χ0v) is 32.3. The van der Waals surface area contributed by atoms with Crippen molar-refractivity contribution in [3.8, 4) is 11.8 Å². The molecular formula is C40H58N2O10. The molecule has 3 aliphatic rings. The molecule has 3 fully saturated rings. The lowest BCUT2D eigenvalue weighted by molar-refractivity contribution is -0.296. The van der Waals surface area contributed by atoms with Gasteiger partial charge < -0.3 is 39.0 Å². The molecular weight excluding hydrogens is 668 g/mol. The molecule has 12 heteroatoms. The number of hydrogen-bond acceptors (Lipinski definition) is 11. The number of esters is 1. The number of nitrogens with one attached hydrogen (secondary N) is 1. The molecule has 0 aromatic heterocycles. The monoisotopic (exact) mass is 726 g/mol. The summed E-state index contributed by atoms with van der Waals surface area (Å²) in [4.78, 5) is 57.0. The SMILES string of the molecule is CC[C@H]1OC(=O)[C@H](C)C(=O)[C@H](C)[C@@H](O[C@@H]2O[C@H](C)C[C@H](N(C)C)[C@H]2O)[C@@](C)(OCC#CCc2ccccc2)C[C@@H](C)C(=O)[C@H](C)[C@H]2NC(=O)O[C@@]21C. The van der Waals surface area contributed by atoms with Crippen LogP contribution in [0.1, 0.15) is 80.2 Å². The van der Waals surface area contributed by atoms with E-state index in [0.29, 0.717) is 12.8 Å². The van der Waals surface area contributed by atoms with Gasteiger partial charge in [-0.05, 0) is 66.6 Å². The first kappa shape index (κ1) is 41.4. The highest BCUT2D eigenvalue weighted by molar-refractivity contribution is 6.00. The normalized spacial score (nSPS) is 39.0. The van der Waals surface area contributed by atoms with Gasteiger partial charge in [-0.3, -0.25) is 14.4 Å².